The maximum atomic E-state index is 6.13. The van der Waals surface area contributed by atoms with E-state index in [1.54, 1.807) is 0 Å². The van der Waals surface area contributed by atoms with Crippen LogP contribution in [-0.2, 0) is 6.54 Å². The fourth-order valence-electron chi connectivity index (χ4n) is 4.07. The maximum Gasteiger partial charge on any atom is 0.191 e. The van der Waals surface area contributed by atoms with Crippen LogP contribution in [0.4, 0.5) is 0 Å². The number of aryl methyl sites for hydroxylation is 1. The van der Waals surface area contributed by atoms with Gasteiger partial charge in [-0.05, 0) is 57.2 Å². The molecule has 0 aromatic heterocycles. The van der Waals surface area contributed by atoms with E-state index in [1.807, 2.05) is 0 Å². The molecular formula is C25H43N5O. The van der Waals surface area contributed by atoms with Gasteiger partial charge >= 0.3 is 0 Å². The van der Waals surface area contributed by atoms with Crippen molar-refractivity contribution in [2.45, 2.75) is 53.1 Å². The lowest BCUT2D eigenvalue weighted by Gasteiger charge is -2.40. The highest BCUT2D eigenvalue weighted by Crippen LogP contribution is 2.31. The molecule has 1 aliphatic carbocycles. The molecule has 1 aromatic carbocycles. The first kappa shape index (κ1) is 23.9. The Balaban J connectivity index is 1.61. The molecule has 1 aliphatic heterocycles. The van der Waals surface area contributed by atoms with E-state index in [-0.39, 0.29) is 0 Å². The normalized spacial score (nSPS) is 19.5. The van der Waals surface area contributed by atoms with Crippen molar-refractivity contribution in [1.29, 1.82) is 0 Å². The fraction of sp³-hybridized carbons (Fsp3) is 0.720. The molecule has 1 aromatic rings. The van der Waals surface area contributed by atoms with Crippen LogP contribution in [-0.4, -0.2) is 74.7 Å². The Morgan fingerprint density at radius 3 is 2.55 bits per heavy atom. The third-order valence-electron chi connectivity index (χ3n) is 6.40. The molecule has 0 bridgehead atoms. The molecule has 2 N–H and O–H groups in total. The van der Waals surface area contributed by atoms with Crippen molar-refractivity contribution in [1.82, 2.24) is 20.4 Å². The molecule has 1 saturated carbocycles. The SMILES string of the molecule is CCNC(=NCc1ccc(C)cc1OCC1CC1)NCC(C(C)C)N1CCN(C)CC1. The van der Waals surface area contributed by atoms with Gasteiger partial charge in [0.2, 0.25) is 0 Å². The Hall–Kier alpha value is -1.79. The van der Waals surface area contributed by atoms with Crippen molar-refractivity contribution in [3.63, 3.8) is 0 Å². The van der Waals surface area contributed by atoms with Crippen LogP contribution in [0.15, 0.2) is 23.2 Å². The van der Waals surface area contributed by atoms with Gasteiger partial charge in [-0.3, -0.25) is 4.90 Å². The molecule has 6 nitrogen and oxygen atoms in total. The Kier molecular flexibility index (Phi) is 9.02. The summed E-state index contributed by atoms with van der Waals surface area (Å²) < 4.78 is 6.13. The summed E-state index contributed by atoms with van der Waals surface area (Å²) in [6, 6.07) is 6.97. The van der Waals surface area contributed by atoms with Gasteiger partial charge in [-0.25, -0.2) is 4.99 Å². The average Bonchev–Trinajstić information content (AvgIpc) is 3.57. The van der Waals surface area contributed by atoms with Crippen LogP contribution in [0, 0.1) is 18.8 Å². The summed E-state index contributed by atoms with van der Waals surface area (Å²) in [5.74, 6) is 3.22. The molecule has 0 spiro atoms. The zero-order chi connectivity index (χ0) is 22.2. The molecular weight excluding hydrogens is 386 g/mol. The van der Waals surface area contributed by atoms with E-state index in [1.165, 1.54) is 18.4 Å². The Labute approximate surface area is 189 Å². The van der Waals surface area contributed by atoms with Gasteiger partial charge in [-0.2, -0.15) is 0 Å². The molecule has 2 aliphatic rings. The van der Waals surface area contributed by atoms with Crippen molar-refractivity contribution in [3.05, 3.63) is 29.3 Å². The molecule has 31 heavy (non-hydrogen) atoms. The molecule has 1 atom stereocenters. The molecule has 174 valence electrons. The molecule has 1 unspecified atom stereocenters. The van der Waals surface area contributed by atoms with Gasteiger partial charge in [0.25, 0.3) is 0 Å². The number of piperazine rings is 1. The average molecular weight is 430 g/mol. The number of hydrogen-bond donors (Lipinski definition) is 2. The zero-order valence-electron chi connectivity index (χ0n) is 20.3. The van der Waals surface area contributed by atoms with Crippen LogP contribution in [0.1, 0.15) is 44.7 Å². The third kappa shape index (κ3) is 7.69. The second-order valence-corrected chi connectivity index (χ2v) is 9.59. The Morgan fingerprint density at radius 1 is 1.16 bits per heavy atom. The van der Waals surface area contributed by atoms with E-state index in [0.717, 1.165) is 69.1 Å². The van der Waals surface area contributed by atoms with Crippen molar-refractivity contribution in [2.24, 2.45) is 16.8 Å². The number of hydrogen-bond acceptors (Lipinski definition) is 4. The van der Waals surface area contributed by atoms with Crippen molar-refractivity contribution < 1.29 is 4.74 Å². The smallest absolute Gasteiger partial charge is 0.191 e. The van der Waals surface area contributed by atoms with E-state index >= 15 is 0 Å². The molecule has 1 heterocycles. The van der Waals surface area contributed by atoms with Crippen LogP contribution in [0.2, 0.25) is 0 Å². The van der Waals surface area contributed by atoms with Crippen LogP contribution in [0.5, 0.6) is 5.75 Å². The van der Waals surface area contributed by atoms with E-state index in [2.05, 4.69) is 73.4 Å². The maximum absolute atomic E-state index is 6.13. The summed E-state index contributed by atoms with van der Waals surface area (Å²) >= 11 is 0. The second kappa shape index (κ2) is 11.7. The van der Waals surface area contributed by atoms with Crippen LogP contribution >= 0.6 is 0 Å². The number of guanidine groups is 1. The lowest BCUT2D eigenvalue weighted by molar-refractivity contribution is 0.0900. The lowest BCUT2D eigenvalue weighted by Crippen LogP contribution is -2.55. The highest BCUT2D eigenvalue weighted by molar-refractivity contribution is 5.79. The lowest BCUT2D eigenvalue weighted by atomic mass is 10.0. The molecule has 0 amide bonds. The van der Waals surface area contributed by atoms with Crippen LogP contribution in [0.3, 0.4) is 0 Å². The molecule has 1 saturated heterocycles. The molecule has 2 fully saturated rings. The monoisotopic (exact) mass is 429 g/mol. The van der Waals surface area contributed by atoms with Gasteiger partial charge in [0.15, 0.2) is 5.96 Å². The number of nitrogens with zero attached hydrogens (tertiary/aromatic N) is 3. The Bertz CT molecular complexity index is 708. The van der Waals surface area contributed by atoms with Gasteiger partial charge in [0, 0.05) is 50.9 Å². The van der Waals surface area contributed by atoms with Gasteiger partial charge in [-0.15, -0.1) is 0 Å². The van der Waals surface area contributed by atoms with Crippen molar-refractivity contribution in [3.8, 4) is 5.75 Å². The quantitative estimate of drug-likeness (QED) is 0.442. The minimum absolute atomic E-state index is 0.509. The fourth-order valence-corrected chi connectivity index (χ4v) is 4.07. The molecule has 0 radical (unpaired) electrons. The van der Waals surface area contributed by atoms with E-state index in [4.69, 9.17) is 9.73 Å². The third-order valence-corrected chi connectivity index (χ3v) is 6.40. The first-order valence-electron chi connectivity index (χ1n) is 12.1. The highest BCUT2D eigenvalue weighted by Gasteiger charge is 2.25. The highest BCUT2D eigenvalue weighted by atomic mass is 16.5. The first-order chi connectivity index (χ1) is 15.0. The van der Waals surface area contributed by atoms with E-state index in [9.17, 15) is 0 Å². The van der Waals surface area contributed by atoms with Crippen LogP contribution in [0.25, 0.3) is 0 Å². The summed E-state index contributed by atoms with van der Waals surface area (Å²) in [7, 11) is 2.21. The van der Waals surface area contributed by atoms with Gasteiger partial charge in [-0.1, -0.05) is 26.0 Å². The predicted molar refractivity (Wildman–Crippen MR) is 130 cm³/mol. The second-order valence-electron chi connectivity index (χ2n) is 9.59. The summed E-state index contributed by atoms with van der Waals surface area (Å²) in [4.78, 5) is 9.94. The summed E-state index contributed by atoms with van der Waals surface area (Å²) in [5.41, 5.74) is 2.39. The number of nitrogens with one attached hydrogen (secondary N) is 2. The number of aliphatic imine (C=N–C) groups is 1. The number of benzene rings is 1. The van der Waals surface area contributed by atoms with E-state index < -0.39 is 0 Å². The first-order valence-corrected chi connectivity index (χ1v) is 12.1. The van der Waals surface area contributed by atoms with Gasteiger partial charge in [0.05, 0.1) is 13.2 Å². The van der Waals surface area contributed by atoms with Crippen molar-refractivity contribution >= 4 is 5.96 Å². The summed E-state index contributed by atoms with van der Waals surface area (Å²) in [5, 5.41) is 7.03. The predicted octanol–water partition coefficient (Wildman–Crippen LogP) is 3.11. The van der Waals surface area contributed by atoms with Gasteiger partial charge < -0.3 is 20.3 Å². The zero-order valence-corrected chi connectivity index (χ0v) is 20.3. The molecule has 6 heteroatoms. The molecule has 3 rings (SSSR count). The van der Waals surface area contributed by atoms with Crippen LogP contribution < -0.4 is 15.4 Å². The largest absolute Gasteiger partial charge is 0.493 e. The number of ether oxygens (including phenoxy) is 1. The topological polar surface area (TPSA) is 52.1 Å². The van der Waals surface area contributed by atoms with Crippen molar-refractivity contribution in [2.75, 3.05) is 52.9 Å². The van der Waals surface area contributed by atoms with E-state index in [0.29, 0.717) is 18.5 Å². The summed E-state index contributed by atoms with van der Waals surface area (Å²) in [6.07, 6.45) is 2.61. The Morgan fingerprint density at radius 2 is 1.90 bits per heavy atom. The number of rotatable bonds is 10. The number of likely N-dealkylation sites (N-methyl/N-ethyl adjacent to an activating group) is 1. The summed E-state index contributed by atoms with van der Waals surface area (Å²) in [6.45, 7) is 16.7. The van der Waals surface area contributed by atoms with Gasteiger partial charge in [0.1, 0.15) is 5.75 Å². The standard InChI is InChI=1S/C25H43N5O/c1-6-26-25(28-17-23(19(2)3)30-13-11-29(5)12-14-30)27-16-22-10-7-20(4)15-24(22)31-18-21-8-9-21/h7,10,15,19,21,23H,6,8-9,11-14,16-18H2,1-5H3,(H2,26,27,28). The minimum atomic E-state index is 0.509. The minimum Gasteiger partial charge on any atom is -0.493 e.